The Kier molecular flexibility index (Phi) is 3.84. The van der Waals surface area contributed by atoms with E-state index in [4.69, 9.17) is 4.98 Å². The number of aromatic nitrogens is 3. The molecule has 2 atom stereocenters. The Morgan fingerprint density at radius 1 is 1.23 bits per heavy atom. The van der Waals surface area contributed by atoms with Gasteiger partial charge in [-0.05, 0) is 64.4 Å². The predicted molar refractivity (Wildman–Crippen MR) is 87.9 cm³/mol. The monoisotopic (exact) mass is 299 g/mol. The zero-order valence-electron chi connectivity index (χ0n) is 13.3. The van der Waals surface area contributed by atoms with Crippen molar-refractivity contribution in [2.45, 2.75) is 44.2 Å². The quantitative estimate of drug-likeness (QED) is 0.925. The highest BCUT2D eigenvalue weighted by Gasteiger charge is 2.28. The highest BCUT2D eigenvalue weighted by atomic mass is 15.3. The van der Waals surface area contributed by atoms with Crippen LogP contribution in [0, 0.1) is 0 Å². The van der Waals surface area contributed by atoms with E-state index in [9.17, 15) is 0 Å². The standard InChI is InChI=1S/C17H25N5/c1-21-11-5-6-13(12-21)16-20-14-7-4-10-19-17(14)22(16)15-8-2-3-9-18-15/h4,7,10,13,15,18H,2-3,5-6,8-9,11-12H2,1H3. The van der Waals surface area contributed by atoms with E-state index < -0.39 is 0 Å². The van der Waals surface area contributed by atoms with Gasteiger partial charge in [0.25, 0.3) is 0 Å². The van der Waals surface area contributed by atoms with Crippen molar-refractivity contribution in [1.29, 1.82) is 0 Å². The number of likely N-dealkylation sites (tertiary alicyclic amines) is 1. The van der Waals surface area contributed by atoms with Crippen LogP contribution < -0.4 is 5.32 Å². The van der Waals surface area contributed by atoms with Crippen molar-refractivity contribution in [2.24, 2.45) is 0 Å². The van der Waals surface area contributed by atoms with Gasteiger partial charge in [-0.1, -0.05) is 0 Å². The summed E-state index contributed by atoms with van der Waals surface area (Å²) in [5.74, 6) is 1.76. The highest BCUT2D eigenvalue weighted by Crippen LogP contribution is 2.32. The fourth-order valence-electron chi connectivity index (χ4n) is 3.97. The lowest BCUT2D eigenvalue weighted by Gasteiger charge is -2.32. The Bertz CT molecular complexity index is 644. The van der Waals surface area contributed by atoms with Crippen molar-refractivity contribution in [2.75, 3.05) is 26.7 Å². The van der Waals surface area contributed by atoms with E-state index in [0.717, 1.165) is 24.3 Å². The number of piperidine rings is 2. The molecule has 0 radical (unpaired) electrons. The van der Waals surface area contributed by atoms with E-state index in [1.165, 1.54) is 44.5 Å². The second-order valence-corrected chi connectivity index (χ2v) is 6.75. The molecular formula is C17H25N5. The lowest BCUT2D eigenvalue weighted by molar-refractivity contribution is 0.234. The summed E-state index contributed by atoms with van der Waals surface area (Å²) in [6.07, 6.45) is 8.48. The maximum absolute atomic E-state index is 4.98. The second-order valence-electron chi connectivity index (χ2n) is 6.75. The number of nitrogens with zero attached hydrogens (tertiary/aromatic N) is 4. The Morgan fingerprint density at radius 3 is 3.00 bits per heavy atom. The molecule has 0 spiro atoms. The van der Waals surface area contributed by atoms with Crippen molar-refractivity contribution >= 4 is 11.2 Å². The zero-order valence-corrected chi connectivity index (χ0v) is 13.3. The Hall–Kier alpha value is -1.46. The lowest BCUT2D eigenvalue weighted by Crippen LogP contribution is -2.36. The molecular weight excluding hydrogens is 274 g/mol. The van der Waals surface area contributed by atoms with E-state index in [1.54, 1.807) is 0 Å². The van der Waals surface area contributed by atoms with Gasteiger partial charge in [0.15, 0.2) is 5.65 Å². The van der Waals surface area contributed by atoms with E-state index >= 15 is 0 Å². The topological polar surface area (TPSA) is 46.0 Å². The Balaban J connectivity index is 1.78. The molecule has 0 aromatic carbocycles. The molecule has 2 unspecified atom stereocenters. The van der Waals surface area contributed by atoms with Crippen LogP contribution in [0.15, 0.2) is 18.3 Å². The average Bonchev–Trinajstić information content (AvgIpc) is 2.95. The minimum Gasteiger partial charge on any atom is -0.306 e. The summed E-state index contributed by atoms with van der Waals surface area (Å²) >= 11 is 0. The summed E-state index contributed by atoms with van der Waals surface area (Å²) < 4.78 is 2.40. The van der Waals surface area contributed by atoms with Crippen LogP contribution in [-0.2, 0) is 0 Å². The molecule has 2 aliphatic heterocycles. The van der Waals surface area contributed by atoms with Crippen LogP contribution in [0.4, 0.5) is 0 Å². The number of imidazole rings is 1. The molecule has 0 bridgehead atoms. The van der Waals surface area contributed by atoms with E-state index in [-0.39, 0.29) is 0 Å². The normalized spacial score (nSPS) is 27.3. The van der Waals surface area contributed by atoms with Gasteiger partial charge in [0.05, 0.1) is 6.17 Å². The Morgan fingerprint density at radius 2 is 2.18 bits per heavy atom. The molecule has 0 saturated carbocycles. The van der Waals surface area contributed by atoms with Gasteiger partial charge >= 0.3 is 0 Å². The lowest BCUT2D eigenvalue weighted by atomic mass is 9.97. The first kappa shape index (κ1) is 14.2. The first-order valence-electron chi connectivity index (χ1n) is 8.58. The number of rotatable bonds is 2. The smallest absolute Gasteiger partial charge is 0.161 e. The average molecular weight is 299 g/mol. The molecule has 22 heavy (non-hydrogen) atoms. The third-order valence-corrected chi connectivity index (χ3v) is 5.06. The van der Waals surface area contributed by atoms with Crippen LogP contribution in [0.5, 0.6) is 0 Å². The van der Waals surface area contributed by atoms with E-state index in [0.29, 0.717) is 12.1 Å². The van der Waals surface area contributed by atoms with Crippen molar-refractivity contribution in [3.05, 3.63) is 24.2 Å². The van der Waals surface area contributed by atoms with Crippen LogP contribution in [0.2, 0.25) is 0 Å². The minimum absolute atomic E-state index is 0.357. The molecule has 4 rings (SSSR count). The molecule has 2 aliphatic rings. The third-order valence-electron chi connectivity index (χ3n) is 5.06. The number of hydrogen-bond acceptors (Lipinski definition) is 4. The van der Waals surface area contributed by atoms with Gasteiger partial charge < -0.3 is 4.90 Å². The molecule has 2 aromatic heterocycles. The number of likely N-dealkylation sites (N-methyl/N-ethyl adjacent to an activating group) is 1. The molecule has 118 valence electrons. The van der Waals surface area contributed by atoms with E-state index in [1.807, 2.05) is 12.3 Å². The number of pyridine rings is 1. The van der Waals surface area contributed by atoms with Crippen molar-refractivity contribution in [3.63, 3.8) is 0 Å². The van der Waals surface area contributed by atoms with Gasteiger partial charge in [0.1, 0.15) is 11.3 Å². The third kappa shape index (κ3) is 2.52. The summed E-state index contributed by atoms with van der Waals surface area (Å²) in [6, 6.07) is 4.09. The fourth-order valence-corrected chi connectivity index (χ4v) is 3.97. The Labute approximate surface area is 131 Å². The van der Waals surface area contributed by atoms with Gasteiger partial charge in [-0.3, -0.25) is 9.88 Å². The maximum atomic E-state index is 4.98. The minimum atomic E-state index is 0.357. The van der Waals surface area contributed by atoms with Crippen LogP contribution in [0.1, 0.15) is 50.0 Å². The maximum Gasteiger partial charge on any atom is 0.161 e. The number of nitrogens with one attached hydrogen (secondary N) is 1. The molecule has 2 fully saturated rings. The van der Waals surface area contributed by atoms with Gasteiger partial charge in [-0.2, -0.15) is 0 Å². The number of hydrogen-bond donors (Lipinski definition) is 1. The summed E-state index contributed by atoms with van der Waals surface area (Å²) in [5.41, 5.74) is 2.09. The molecule has 0 amide bonds. The molecule has 5 nitrogen and oxygen atoms in total. The van der Waals surface area contributed by atoms with E-state index in [2.05, 4.69) is 32.9 Å². The van der Waals surface area contributed by atoms with Crippen molar-refractivity contribution < 1.29 is 0 Å². The van der Waals surface area contributed by atoms with Crippen LogP contribution in [-0.4, -0.2) is 46.1 Å². The summed E-state index contributed by atoms with van der Waals surface area (Å²) in [7, 11) is 2.22. The molecule has 1 N–H and O–H groups in total. The SMILES string of the molecule is CN1CCCC(c2nc3cccnc3n2C2CCCCN2)C1. The van der Waals surface area contributed by atoms with Gasteiger partial charge in [0, 0.05) is 18.7 Å². The van der Waals surface area contributed by atoms with Gasteiger partial charge in [-0.25, -0.2) is 9.97 Å². The fraction of sp³-hybridized carbons (Fsp3) is 0.647. The summed E-state index contributed by atoms with van der Waals surface area (Å²) in [4.78, 5) is 12.0. The van der Waals surface area contributed by atoms with Crippen LogP contribution in [0.3, 0.4) is 0 Å². The van der Waals surface area contributed by atoms with Crippen LogP contribution >= 0.6 is 0 Å². The highest BCUT2D eigenvalue weighted by molar-refractivity contribution is 5.71. The van der Waals surface area contributed by atoms with Crippen molar-refractivity contribution in [3.8, 4) is 0 Å². The first-order chi connectivity index (χ1) is 10.8. The summed E-state index contributed by atoms with van der Waals surface area (Å²) in [5, 5.41) is 3.67. The summed E-state index contributed by atoms with van der Waals surface area (Å²) in [6.45, 7) is 3.41. The predicted octanol–water partition coefficient (Wildman–Crippen LogP) is 2.51. The molecule has 0 aliphatic carbocycles. The second kappa shape index (κ2) is 5.97. The molecule has 2 aromatic rings. The largest absolute Gasteiger partial charge is 0.306 e. The van der Waals surface area contributed by atoms with Crippen LogP contribution in [0.25, 0.3) is 11.2 Å². The van der Waals surface area contributed by atoms with Gasteiger partial charge in [0.2, 0.25) is 0 Å². The number of fused-ring (bicyclic) bond motifs is 1. The molecule has 2 saturated heterocycles. The van der Waals surface area contributed by atoms with Crippen molar-refractivity contribution in [1.82, 2.24) is 24.8 Å². The zero-order chi connectivity index (χ0) is 14.9. The first-order valence-corrected chi connectivity index (χ1v) is 8.58. The molecule has 5 heteroatoms. The molecule has 4 heterocycles. The van der Waals surface area contributed by atoms with Gasteiger partial charge in [-0.15, -0.1) is 0 Å².